The second-order valence-electron chi connectivity index (χ2n) is 8.13. The van der Waals surface area contributed by atoms with Crippen molar-refractivity contribution in [2.45, 2.75) is 31.2 Å². The van der Waals surface area contributed by atoms with Crippen molar-refractivity contribution in [2.75, 3.05) is 5.32 Å². The summed E-state index contributed by atoms with van der Waals surface area (Å²) < 4.78 is 0. The van der Waals surface area contributed by atoms with E-state index in [0.29, 0.717) is 22.8 Å². The maximum absolute atomic E-state index is 11.3. The van der Waals surface area contributed by atoms with Crippen molar-refractivity contribution in [3.8, 4) is 0 Å². The van der Waals surface area contributed by atoms with Gasteiger partial charge in [-0.15, -0.1) is 0 Å². The summed E-state index contributed by atoms with van der Waals surface area (Å²) in [6.07, 6.45) is 3.46. The van der Waals surface area contributed by atoms with E-state index in [4.69, 9.17) is 11.6 Å². The molecule has 2 fully saturated rings. The van der Waals surface area contributed by atoms with Gasteiger partial charge in [0, 0.05) is 12.1 Å². The lowest BCUT2D eigenvalue weighted by atomic mass is 9.68. The third-order valence-corrected chi connectivity index (χ3v) is 7.16. The number of carboxylic acids is 1. The van der Waals surface area contributed by atoms with Crippen LogP contribution in [0.3, 0.4) is 0 Å². The van der Waals surface area contributed by atoms with Gasteiger partial charge in [-0.05, 0) is 66.2 Å². The smallest absolute Gasteiger partial charge is 0.335 e. The molecule has 6 nitrogen and oxygen atoms in total. The van der Waals surface area contributed by atoms with Gasteiger partial charge >= 0.3 is 5.97 Å². The topological polar surface area (TPSA) is 92.5 Å². The summed E-state index contributed by atoms with van der Waals surface area (Å²) in [5.74, 6) is 0.728. The molecule has 3 aliphatic rings. The summed E-state index contributed by atoms with van der Waals surface area (Å²) in [5, 5.41) is 24.4. The van der Waals surface area contributed by atoms with E-state index in [9.17, 15) is 20.0 Å². The number of hydrogen-bond acceptors (Lipinski definition) is 4. The number of nitrogens with zero attached hydrogens (tertiary/aromatic N) is 1. The van der Waals surface area contributed by atoms with Crippen LogP contribution in [0.4, 0.5) is 11.4 Å². The van der Waals surface area contributed by atoms with Crippen LogP contribution in [0.25, 0.3) is 0 Å². The van der Waals surface area contributed by atoms with E-state index in [1.54, 1.807) is 18.2 Å². The molecule has 5 rings (SSSR count). The van der Waals surface area contributed by atoms with Crippen LogP contribution in [0.1, 0.15) is 52.7 Å². The van der Waals surface area contributed by atoms with Gasteiger partial charge in [0.15, 0.2) is 0 Å². The predicted octanol–water partition coefficient (Wildman–Crippen LogP) is 5.24. The number of rotatable bonds is 3. The number of fused-ring (bicyclic) bond motifs is 7. The first-order chi connectivity index (χ1) is 13.4. The molecule has 0 unspecified atom stereocenters. The Balaban J connectivity index is 1.62. The molecular formula is C21H19ClN2O4. The SMILES string of the molecule is O=C(O)c1ccc([C@@H]2Nc3c(Cl)cc([N+](=O)[O-])cc3[C@@H]3[C@H]4CC[C@@H](C4)[C@@H]32)cc1. The van der Waals surface area contributed by atoms with E-state index in [0.717, 1.165) is 29.7 Å². The molecule has 0 radical (unpaired) electrons. The first-order valence-corrected chi connectivity index (χ1v) is 9.89. The summed E-state index contributed by atoms with van der Waals surface area (Å²) in [6, 6.07) is 10.1. The Morgan fingerprint density at radius 1 is 1.18 bits per heavy atom. The number of non-ortho nitro benzene ring substituents is 1. The Bertz CT molecular complexity index is 991. The molecule has 0 saturated heterocycles. The Kier molecular flexibility index (Phi) is 3.88. The lowest BCUT2D eigenvalue weighted by Gasteiger charge is -2.43. The van der Waals surface area contributed by atoms with E-state index in [-0.39, 0.29) is 28.1 Å². The van der Waals surface area contributed by atoms with E-state index in [1.807, 2.05) is 12.1 Å². The van der Waals surface area contributed by atoms with Gasteiger partial charge in [-0.25, -0.2) is 4.79 Å². The molecule has 2 N–H and O–H groups in total. The van der Waals surface area contributed by atoms with Crippen LogP contribution >= 0.6 is 11.6 Å². The molecule has 0 amide bonds. The largest absolute Gasteiger partial charge is 0.478 e. The third kappa shape index (κ3) is 2.51. The van der Waals surface area contributed by atoms with Crippen LogP contribution in [-0.2, 0) is 0 Å². The fourth-order valence-electron chi connectivity index (χ4n) is 5.80. The van der Waals surface area contributed by atoms with Gasteiger partial charge in [0.05, 0.1) is 27.2 Å². The van der Waals surface area contributed by atoms with Crippen molar-refractivity contribution in [1.29, 1.82) is 0 Å². The number of hydrogen-bond donors (Lipinski definition) is 2. The molecule has 2 aliphatic carbocycles. The van der Waals surface area contributed by atoms with Crippen molar-refractivity contribution in [2.24, 2.45) is 17.8 Å². The summed E-state index contributed by atoms with van der Waals surface area (Å²) >= 11 is 6.46. The van der Waals surface area contributed by atoms with E-state index in [1.165, 1.54) is 12.5 Å². The van der Waals surface area contributed by atoms with Crippen LogP contribution in [0, 0.1) is 27.9 Å². The quantitative estimate of drug-likeness (QED) is 0.544. The van der Waals surface area contributed by atoms with Gasteiger partial charge in [0.1, 0.15) is 0 Å². The van der Waals surface area contributed by atoms with Gasteiger partial charge in [-0.2, -0.15) is 0 Å². The Morgan fingerprint density at radius 2 is 1.89 bits per heavy atom. The zero-order valence-electron chi connectivity index (χ0n) is 15.0. The minimum absolute atomic E-state index is 0.0228. The van der Waals surface area contributed by atoms with Gasteiger partial charge in [0.25, 0.3) is 5.69 Å². The standard InChI is InChI=1S/C21H19ClN2O4/c22-16-9-14(24(27)28)8-15-17-12-5-6-13(7-12)18(17)19(23-20(15)16)10-1-3-11(4-2-10)21(25)26/h1-4,8-9,12-13,17-19,23H,5-7H2,(H,25,26)/t12-,13-,17-,18-,19-/m0/s1. The fourth-order valence-corrected chi connectivity index (χ4v) is 6.08. The molecule has 1 heterocycles. The van der Waals surface area contributed by atoms with Crippen molar-refractivity contribution < 1.29 is 14.8 Å². The number of nitro benzene ring substituents is 1. The lowest BCUT2D eigenvalue weighted by molar-refractivity contribution is -0.384. The van der Waals surface area contributed by atoms with Crippen LogP contribution in [0.5, 0.6) is 0 Å². The number of halogens is 1. The number of benzene rings is 2. The van der Waals surface area contributed by atoms with Crippen molar-refractivity contribution in [3.05, 3.63) is 68.2 Å². The molecule has 28 heavy (non-hydrogen) atoms. The van der Waals surface area contributed by atoms with Gasteiger partial charge in [-0.1, -0.05) is 23.7 Å². The first-order valence-electron chi connectivity index (χ1n) is 9.51. The molecule has 7 heteroatoms. The molecule has 0 aromatic heterocycles. The lowest BCUT2D eigenvalue weighted by Crippen LogP contribution is -2.35. The number of carbonyl (C=O) groups is 1. The highest BCUT2D eigenvalue weighted by Gasteiger charge is 2.54. The molecule has 1 aliphatic heterocycles. The number of nitrogens with one attached hydrogen (secondary N) is 1. The Labute approximate surface area is 166 Å². The second-order valence-corrected chi connectivity index (χ2v) is 8.54. The maximum Gasteiger partial charge on any atom is 0.335 e. The highest BCUT2D eigenvalue weighted by Crippen LogP contribution is 2.64. The van der Waals surface area contributed by atoms with Crippen LogP contribution in [0.2, 0.25) is 5.02 Å². The van der Waals surface area contributed by atoms with E-state index in [2.05, 4.69) is 5.32 Å². The number of carboxylic acid groups (broad SMARTS) is 1. The van der Waals surface area contributed by atoms with Gasteiger partial charge in [0.2, 0.25) is 0 Å². The maximum atomic E-state index is 11.3. The molecule has 2 saturated carbocycles. The number of anilines is 1. The molecule has 2 aromatic rings. The number of nitro groups is 1. The van der Waals surface area contributed by atoms with Crippen molar-refractivity contribution in [3.63, 3.8) is 0 Å². The molecule has 144 valence electrons. The van der Waals surface area contributed by atoms with E-state index >= 15 is 0 Å². The average Bonchev–Trinajstić information content (AvgIpc) is 3.30. The Morgan fingerprint density at radius 3 is 2.57 bits per heavy atom. The molecule has 2 aromatic carbocycles. The summed E-state index contributed by atoms with van der Waals surface area (Å²) in [5.41, 5.74) is 3.09. The summed E-state index contributed by atoms with van der Waals surface area (Å²) in [6.45, 7) is 0. The number of aromatic carboxylic acids is 1. The van der Waals surface area contributed by atoms with Crippen molar-refractivity contribution >= 4 is 28.9 Å². The average molecular weight is 399 g/mol. The minimum Gasteiger partial charge on any atom is -0.478 e. The summed E-state index contributed by atoms with van der Waals surface area (Å²) in [7, 11) is 0. The monoisotopic (exact) mass is 398 g/mol. The third-order valence-electron chi connectivity index (χ3n) is 6.86. The zero-order chi connectivity index (χ0) is 19.6. The first kappa shape index (κ1) is 17.5. The molecule has 0 spiro atoms. The zero-order valence-corrected chi connectivity index (χ0v) is 15.7. The van der Waals surface area contributed by atoms with Crippen LogP contribution in [0.15, 0.2) is 36.4 Å². The van der Waals surface area contributed by atoms with Crippen LogP contribution < -0.4 is 5.32 Å². The highest BCUT2D eigenvalue weighted by atomic mass is 35.5. The van der Waals surface area contributed by atoms with Gasteiger partial charge in [-0.3, -0.25) is 10.1 Å². The molecule has 2 bridgehead atoms. The normalized spacial score (nSPS) is 29.7. The van der Waals surface area contributed by atoms with Crippen LogP contribution in [-0.4, -0.2) is 16.0 Å². The Hall–Kier alpha value is -2.60. The minimum atomic E-state index is -0.943. The summed E-state index contributed by atoms with van der Waals surface area (Å²) in [4.78, 5) is 22.1. The predicted molar refractivity (Wildman–Crippen MR) is 105 cm³/mol. The molecule has 5 atom stereocenters. The molecular weight excluding hydrogens is 380 g/mol. The van der Waals surface area contributed by atoms with E-state index < -0.39 is 5.97 Å². The highest BCUT2D eigenvalue weighted by molar-refractivity contribution is 6.33. The fraction of sp³-hybridized carbons (Fsp3) is 0.381. The van der Waals surface area contributed by atoms with Gasteiger partial charge < -0.3 is 10.4 Å². The van der Waals surface area contributed by atoms with Crippen molar-refractivity contribution in [1.82, 2.24) is 0 Å². The second kappa shape index (κ2) is 6.21.